The van der Waals surface area contributed by atoms with Gasteiger partial charge in [0.2, 0.25) is 5.91 Å². The Bertz CT molecular complexity index is 448. The Labute approximate surface area is 122 Å². The molecule has 0 aliphatic carbocycles. The number of hydrogen-bond donors (Lipinski definition) is 1. The van der Waals surface area contributed by atoms with Crippen LogP contribution in [0.2, 0.25) is 0 Å². The molecule has 0 aromatic heterocycles. The summed E-state index contributed by atoms with van der Waals surface area (Å²) in [4.78, 5) is 14.3. The molecule has 5 nitrogen and oxygen atoms in total. The predicted molar refractivity (Wildman–Crippen MR) is 80.0 cm³/mol. The third-order valence-corrected chi connectivity index (χ3v) is 3.80. The van der Waals surface area contributed by atoms with Gasteiger partial charge in [0.05, 0.1) is 13.2 Å². The highest BCUT2D eigenvalue weighted by Gasteiger charge is 2.08. The largest absolute Gasteiger partial charge is 0.383 e. The second kappa shape index (κ2) is 8.84. The van der Waals surface area contributed by atoms with Gasteiger partial charge in [-0.05, 0) is 17.7 Å². The van der Waals surface area contributed by atoms with E-state index in [-0.39, 0.29) is 5.91 Å². The van der Waals surface area contributed by atoms with Crippen LogP contribution in [0.25, 0.3) is 0 Å². The SMILES string of the molecule is COCCNCC(=O)N(C)Cc1ccc(S(C)=O)cc1. The minimum absolute atomic E-state index is 0.0317. The van der Waals surface area contributed by atoms with Crippen LogP contribution in [0, 0.1) is 0 Å². The van der Waals surface area contributed by atoms with Gasteiger partial charge in [-0.15, -0.1) is 0 Å². The van der Waals surface area contributed by atoms with Crippen molar-refractivity contribution in [2.24, 2.45) is 0 Å². The van der Waals surface area contributed by atoms with Crippen molar-refractivity contribution in [2.45, 2.75) is 11.4 Å². The molecule has 0 aliphatic heterocycles. The van der Waals surface area contributed by atoms with Crippen molar-refractivity contribution in [3.8, 4) is 0 Å². The van der Waals surface area contributed by atoms with Crippen LogP contribution in [-0.2, 0) is 26.9 Å². The first-order valence-electron chi connectivity index (χ1n) is 6.40. The van der Waals surface area contributed by atoms with Crippen LogP contribution in [0.5, 0.6) is 0 Å². The third kappa shape index (κ3) is 5.81. The summed E-state index contributed by atoms with van der Waals surface area (Å²) in [5.41, 5.74) is 1.02. The van der Waals surface area contributed by atoms with Crippen LogP contribution in [-0.4, -0.2) is 55.1 Å². The maximum Gasteiger partial charge on any atom is 0.236 e. The summed E-state index contributed by atoms with van der Waals surface area (Å²) in [5, 5.41) is 3.02. The predicted octanol–water partition coefficient (Wildman–Crippen LogP) is 0.618. The molecular weight excluding hydrogens is 276 g/mol. The fourth-order valence-electron chi connectivity index (χ4n) is 1.65. The standard InChI is InChI=1S/C14H22N2O3S/c1-16(14(17)10-15-8-9-19-2)11-12-4-6-13(7-5-12)20(3)18/h4-7,15H,8-11H2,1-3H3. The normalized spacial score (nSPS) is 12.2. The number of nitrogens with one attached hydrogen (secondary N) is 1. The molecule has 0 saturated carbocycles. The van der Waals surface area contributed by atoms with E-state index in [1.807, 2.05) is 24.3 Å². The number of rotatable bonds is 8. The van der Waals surface area contributed by atoms with Gasteiger partial charge in [-0.2, -0.15) is 0 Å². The summed E-state index contributed by atoms with van der Waals surface area (Å²) >= 11 is 0. The molecule has 0 fully saturated rings. The number of likely N-dealkylation sites (N-methyl/N-ethyl adjacent to an activating group) is 1. The van der Waals surface area contributed by atoms with Crippen molar-refractivity contribution in [1.82, 2.24) is 10.2 Å². The molecule has 1 N–H and O–H groups in total. The van der Waals surface area contributed by atoms with Crippen molar-refractivity contribution in [3.05, 3.63) is 29.8 Å². The topological polar surface area (TPSA) is 58.6 Å². The Kier molecular flexibility index (Phi) is 7.43. The zero-order valence-corrected chi connectivity index (χ0v) is 13.0. The molecule has 0 bridgehead atoms. The lowest BCUT2D eigenvalue weighted by Crippen LogP contribution is -2.36. The molecule has 20 heavy (non-hydrogen) atoms. The van der Waals surface area contributed by atoms with Crippen LogP contribution in [0.4, 0.5) is 0 Å². The Balaban J connectivity index is 2.42. The van der Waals surface area contributed by atoms with E-state index in [0.29, 0.717) is 26.2 Å². The molecule has 6 heteroatoms. The van der Waals surface area contributed by atoms with Gasteiger partial charge in [-0.3, -0.25) is 9.00 Å². The molecule has 0 heterocycles. The van der Waals surface area contributed by atoms with E-state index >= 15 is 0 Å². The second-order valence-corrected chi connectivity index (χ2v) is 5.90. The van der Waals surface area contributed by atoms with Gasteiger partial charge in [0.25, 0.3) is 0 Å². The number of carbonyl (C=O) groups is 1. The minimum Gasteiger partial charge on any atom is -0.383 e. The highest BCUT2D eigenvalue weighted by atomic mass is 32.2. The molecule has 0 aliphatic rings. The van der Waals surface area contributed by atoms with Gasteiger partial charge >= 0.3 is 0 Å². The molecule has 0 saturated heterocycles. The number of benzene rings is 1. The number of hydrogen-bond acceptors (Lipinski definition) is 4. The van der Waals surface area contributed by atoms with E-state index in [2.05, 4.69) is 5.32 Å². The molecule has 1 atom stereocenters. The highest BCUT2D eigenvalue weighted by molar-refractivity contribution is 7.84. The lowest BCUT2D eigenvalue weighted by atomic mass is 10.2. The van der Waals surface area contributed by atoms with E-state index in [1.54, 1.807) is 25.3 Å². The van der Waals surface area contributed by atoms with Gasteiger partial charge in [-0.25, -0.2) is 0 Å². The van der Waals surface area contributed by atoms with Gasteiger partial charge in [0.1, 0.15) is 0 Å². The molecule has 1 unspecified atom stereocenters. The quantitative estimate of drug-likeness (QED) is 0.715. The zero-order valence-electron chi connectivity index (χ0n) is 12.2. The van der Waals surface area contributed by atoms with Crippen molar-refractivity contribution < 1.29 is 13.7 Å². The summed E-state index contributed by atoms with van der Waals surface area (Å²) in [7, 11) is 2.43. The minimum atomic E-state index is -0.968. The maximum atomic E-state index is 11.9. The first-order chi connectivity index (χ1) is 9.54. The molecule has 112 valence electrons. The Morgan fingerprint density at radius 3 is 2.55 bits per heavy atom. The number of amides is 1. The molecular formula is C14H22N2O3S. The van der Waals surface area contributed by atoms with Crippen molar-refractivity contribution in [3.63, 3.8) is 0 Å². The average molecular weight is 298 g/mol. The van der Waals surface area contributed by atoms with Crippen LogP contribution < -0.4 is 5.32 Å². The fourth-order valence-corrected chi connectivity index (χ4v) is 2.17. The van der Waals surface area contributed by atoms with Crippen LogP contribution in [0.3, 0.4) is 0 Å². The number of carbonyl (C=O) groups excluding carboxylic acids is 1. The third-order valence-electron chi connectivity index (χ3n) is 2.86. The Hall–Kier alpha value is -1.24. The van der Waals surface area contributed by atoms with E-state index in [0.717, 1.165) is 10.5 Å². The van der Waals surface area contributed by atoms with Crippen molar-refractivity contribution in [2.75, 3.05) is 40.1 Å². The monoisotopic (exact) mass is 298 g/mol. The van der Waals surface area contributed by atoms with Crippen LogP contribution >= 0.6 is 0 Å². The molecule has 0 spiro atoms. The fraction of sp³-hybridized carbons (Fsp3) is 0.500. The molecule has 1 rings (SSSR count). The summed E-state index contributed by atoms with van der Waals surface area (Å²) in [6.07, 6.45) is 1.65. The first kappa shape index (κ1) is 16.8. The van der Waals surface area contributed by atoms with Gasteiger partial charge in [0.15, 0.2) is 0 Å². The molecule has 1 aromatic rings. The maximum absolute atomic E-state index is 11.9. The molecule has 1 aromatic carbocycles. The van der Waals surface area contributed by atoms with Gasteiger partial charge < -0.3 is 15.0 Å². The first-order valence-corrected chi connectivity index (χ1v) is 7.96. The van der Waals surface area contributed by atoms with E-state index in [4.69, 9.17) is 4.74 Å². The number of nitrogens with zero attached hydrogens (tertiary/aromatic N) is 1. The summed E-state index contributed by atoms with van der Waals surface area (Å²) in [6, 6.07) is 7.47. The smallest absolute Gasteiger partial charge is 0.236 e. The van der Waals surface area contributed by atoms with Crippen LogP contribution in [0.1, 0.15) is 5.56 Å². The summed E-state index contributed by atoms with van der Waals surface area (Å²) in [5.74, 6) is 0.0317. The zero-order chi connectivity index (χ0) is 15.0. The van der Waals surface area contributed by atoms with Crippen molar-refractivity contribution >= 4 is 16.7 Å². The number of methoxy groups -OCH3 is 1. The lowest BCUT2D eigenvalue weighted by molar-refractivity contribution is -0.129. The van der Waals surface area contributed by atoms with Gasteiger partial charge in [0, 0.05) is 49.2 Å². The lowest BCUT2D eigenvalue weighted by Gasteiger charge is -2.17. The van der Waals surface area contributed by atoms with Crippen molar-refractivity contribution in [1.29, 1.82) is 0 Å². The molecule has 1 amide bonds. The van der Waals surface area contributed by atoms with Gasteiger partial charge in [-0.1, -0.05) is 12.1 Å². The summed E-state index contributed by atoms with van der Waals surface area (Å²) in [6.45, 7) is 2.10. The summed E-state index contributed by atoms with van der Waals surface area (Å²) < 4.78 is 16.2. The van der Waals surface area contributed by atoms with E-state index in [9.17, 15) is 9.00 Å². The average Bonchev–Trinajstić information content (AvgIpc) is 2.44. The van der Waals surface area contributed by atoms with Crippen LogP contribution in [0.15, 0.2) is 29.2 Å². The second-order valence-electron chi connectivity index (χ2n) is 4.52. The molecule has 0 radical (unpaired) electrons. The van der Waals surface area contributed by atoms with E-state index in [1.165, 1.54) is 0 Å². The Morgan fingerprint density at radius 2 is 2.00 bits per heavy atom. The highest BCUT2D eigenvalue weighted by Crippen LogP contribution is 2.09. The van der Waals surface area contributed by atoms with E-state index < -0.39 is 10.8 Å². The number of ether oxygens (including phenoxy) is 1. The Morgan fingerprint density at radius 1 is 1.35 bits per heavy atom.